The molecule has 700 valence electrons. The maximum atomic E-state index is 9.44. The highest BCUT2D eigenvalue weighted by molar-refractivity contribution is 9.11. The summed E-state index contributed by atoms with van der Waals surface area (Å²) >= 11 is 10.8. The molecule has 5 aromatic heterocycles. The van der Waals surface area contributed by atoms with Gasteiger partial charge in [-0.15, -0.1) is 0 Å². The van der Waals surface area contributed by atoms with Gasteiger partial charge in [-0.1, -0.05) is 436 Å². The van der Waals surface area contributed by atoms with Gasteiger partial charge in [0.25, 0.3) is 0 Å². The van der Waals surface area contributed by atoms with Crippen LogP contribution in [-0.2, 0) is 0 Å². The van der Waals surface area contributed by atoms with Gasteiger partial charge in [-0.3, -0.25) is 9.97 Å². The van der Waals surface area contributed by atoms with Crippen LogP contribution in [0.15, 0.2) is 511 Å². The maximum Gasteiger partial charge on any atom is 0.489 e. The fourth-order valence-corrected chi connectivity index (χ4v) is 19.9. The SMILES string of the molecule is Brc1cc(-c2nc(-c3ccccc3)nc(-c3ccccc3)n2)cc(-c2cc3ccccc3c3ccccc23)c1.Brc1cc(Br)cc(-c2nc(-c3ccccc3)nc(-c3ccccc3)n2)c1.OB(O)c1cc2ccccc2c2ccccc12.OB(O)c1cccc(-c2ccccn2)c1.c1ccc(-c2nc(-c3ccccc3)nc(-c3cc(-c4cccc(-c5ccccn5)c4)cc(-c4cc5ccccc5c5ccccc45)c3)n2)cc1. The average Bonchev–Trinajstić information content (AvgIpc) is 0.749. The molecule has 5 heterocycles. The number of aromatic nitrogens is 11. The lowest BCUT2D eigenvalue weighted by atomic mass is 9.76. The molecule has 0 radical (unpaired) electrons. The third-order valence-corrected chi connectivity index (χ3v) is 26.5. The second kappa shape index (κ2) is 44.7. The number of hydrogen-bond donors (Lipinski definition) is 4. The quantitative estimate of drug-likeness (QED) is 0.0522. The Hall–Kier alpha value is -17.3. The first-order valence-electron chi connectivity index (χ1n) is 47.7. The van der Waals surface area contributed by atoms with Gasteiger partial charge in [0, 0.05) is 81.4 Å². The first-order valence-corrected chi connectivity index (χ1v) is 50.1. The predicted octanol–water partition coefficient (Wildman–Crippen LogP) is 29.7. The molecule has 147 heavy (non-hydrogen) atoms. The Morgan fingerprint density at radius 3 is 0.782 bits per heavy atom. The first-order chi connectivity index (χ1) is 72.2. The van der Waals surface area contributed by atoms with E-state index in [0.717, 1.165) is 135 Å². The van der Waals surface area contributed by atoms with Gasteiger partial charge >= 0.3 is 14.2 Å². The van der Waals surface area contributed by atoms with Gasteiger partial charge in [0.05, 0.1) is 11.4 Å². The summed E-state index contributed by atoms with van der Waals surface area (Å²) in [6.45, 7) is 0. The van der Waals surface area contributed by atoms with E-state index in [-0.39, 0.29) is 0 Å². The zero-order valence-electron chi connectivity index (χ0n) is 78.8. The van der Waals surface area contributed by atoms with Crippen molar-refractivity contribution in [2.45, 2.75) is 0 Å². The van der Waals surface area contributed by atoms with Gasteiger partial charge in [0.1, 0.15) is 0 Å². The summed E-state index contributed by atoms with van der Waals surface area (Å²) < 4.78 is 2.89. The molecule has 20 aromatic carbocycles. The second-order valence-electron chi connectivity index (χ2n) is 34.8. The Morgan fingerprint density at radius 2 is 0.415 bits per heavy atom. The Balaban J connectivity index is 0.000000116. The van der Waals surface area contributed by atoms with Gasteiger partial charge in [-0.25, -0.2) is 44.9 Å². The first kappa shape index (κ1) is 95.9. The largest absolute Gasteiger partial charge is 0.489 e. The molecule has 0 aliphatic heterocycles. The van der Waals surface area contributed by atoms with E-state index in [1.807, 2.05) is 303 Å². The Kier molecular flexibility index (Phi) is 29.1. The topological polar surface area (TPSA) is 223 Å². The fraction of sp³-hybridized carbons (Fsp3) is 0. The number of hydrogen-bond acceptors (Lipinski definition) is 15. The molecule has 0 aliphatic carbocycles. The summed E-state index contributed by atoms with van der Waals surface area (Å²) in [5, 5.41) is 50.8. The van der Waals surface area contributed by atoms with Crippen molar-refractivity contribution in [2.24, 2.45) is 0 Å². The van der Waals surface area contributed by atoms with E-state index in [2.05, 4.69) is 228 Å². The van der Waals surface area contributed by atoms with Crippen LogP contribution in [-0.4, -0.2) is 89.2 Å². The molecule has 0 saturated carbocycles. The summed E-state index contributed by atoms with van der Waals surface area (Å²) in [5.74, 6) is 5.77. The fourth-order valence-electron chi connectivity index (χ4n) is 18.1. The number of fused-ring (bicyclic) bond motifs is 9. The van der Waals surface area contributed by atoms with Gasteiger partial charge < -0.3 is 20.1 Å². The summed E-state index contributed by atoms with van der Waals surface area (Å²) in [4.78, 5) is 52.9. The summed E-state index contributed by atoms with van der Waals surface area (Å²) in [6.07, 6.45) is 3.54. The molecule has 15 nitrogen and oxygen atoms in total. The minimum Gasteiger partial charge on any atom is -0.423 e. The Labute approximate surface area is 875 Å². The van der Waals surface area contributed by atoms with E-state index in [1.54, 1.807) is 24.4 Å². The van der Waals surface area contributed by atoms with E-state index >= 15 is 0 Å². The van der Waals surface area contributed by atoms with Gasteiger partial charge in [-0.2, -0.15) is 0 Å². The van der Waals surface area contributed by atoms with Gasteiger partial charge in [-0.05, 0) is 212 Å². The molecule has 25 rings (SSSR count). The molecule has 20 heteroatoms. The van der Waals surface area contributed by atoms with Crippen molar-refractivity contribution in [3.05, 3.63) is 511 Å². The maximum absolute atomic E-state index is 9.44. The number of nitrogens with zero attached hydrogens (tertiary/aromatic N) is 11. The van der Waals surface area contributed by atoms with Crippen LogP contribution in [0.2, 0.25) is 0 Å². The molecule has 0 aliphatic rings. The van der Waals surface area contributed by atoms with Crippen LogP contribution >= 0.6 is 47.8 Å². The summed E-state index contributed by atoms with van der Waals surface area (Å²) in [5.41, 5.74) is 19.8. The summed E-state index contributed by atoms with van der Waals surface area (Å²) in [6, 6.07) is 163. The average molecular weight is 2090 g/mol. The van der Waals surface area contributed by atoms with Crippen molar-refractivity contribution in [3.63, 3.8) is 0 Å². The number of rotatable bonds is 16. The van der Waals surface area contributed by atoms with Gasteiger partial charge in [0.2, 0.25) is 0 Å². The molecule has 0 bridgehead atoms. The zero-order valence-corrected chi connectivity index (χ0v) is 83.6. The van der Waals surface area contributed by atoms with Crippen LogP contribution in [0, 0.1) is 0 Å². The van der Waals surface area contributed by atoms with Crippen LogP contribution in [0.3, 0.4) is 0 Å². The lowest BCUT2D eigenvalue weighted by Gasteiger charge is -2.15. The smallest absolute Gasteiger partial charge is 0.423 e. The van der Waals surface area contributed by atoms with E-state index in [9.17, 15) is 10.0 Å². The molecule has 0 unspecified atom stereocenters. The standard InChI is InChI=1S/C46H30N4.C35H22BrN3.C21H13Br2N3.C14H11BO2.C11H10BNO2/c1-3-14-31(15-4-1)44-48-45(32-16-5-2-6-17-32)50-46(49-44)38-28-36(33-19-13-20-35(26-33)43-24-11-12-25-47-43)27-37(29-38)42-30-34-18-7-8-21-39(34)40-22-9-10-23-41(40)42;36-28-20-26(32-22-25-15-7-8-16-29(25)30-17-9-10-18-31(30)32)19-27(21-28)35-38-33(23-11-3-1-4-12-23)37-34(39-35)24-13-5-2-6-14-24;22-17-11-16(12-18(23)13-17)21-25-19(14-7-3-1-4-8-14)24-20(26-21)15-9-5-2-6-10-15;16-15(17)14-9-10-5-1-2-6-11(10)12-7-3-4-8-13(12)14;14-12(15)10-5-3-4-9(8-10)11-6-1-2-7-13-11/h1-30H;1-22H;1-13H;1-9,16-17H;1-8,14-15H. The molecule has 4 N–H and O–H groups in total. The minimum absolute atomic E-state index is 0.471. The number of pyridine rings is 2. The van der Waals surface area contributed by atoms with Crippen molar-refractivity contribution in [2.75, 3.05) is 0 Å². The normalized spacial score (nSPS) is 11.0. The van der Waals surface area contributed by atoms with Gasteiger partial charge in [0.15, 0.2) is 52.4 Å². The third-order valence-electron chi connectivity index (χ3n) is 25.1. The highest BCUT2D eigenvalue weighted by atomic mass is 79.9. The number of benzene rings is 20. The second-order valence-corrected chi connectivity index (χ2v) is 37.5. The molecular formula is C127H86B2Br3N11O4. The van der Waals surface area contributed by atoms with Crippen LogP contribution < -0.4 is 10.9 Å². The lowest BCUT2D eigenvalue weighted by molar-refractivity contribution is 0.424. The van der Waals surface area contributed by atoms with Crippen LogP contribution in [0.4, 0.5) is 0 Å². The summed E-state index contributed by atoms with van der Waals surface area (Å²) in [7, 11) is -2.88. The third kappa shape index (κ3) is 22.3. The zero-order chi connectivity index (χ0) is 99.9. The molecule has 0 fully saturated rings. The van der Waals surface area contributed by atoms with E-state index in [1.165, 1.54) is 48.7 Å². The van der Waals surface area contributed by atoms with Crippen molar-refractivity contribution < 1.29 is 20.1 Å². The molecule has 25 aromatic rings. The number of halogens is 3. The van der Waals surface area contributed by atoms with E-state index in [0.29, 0.717) is 63.3 Å². The van der Waals surface area contributed by atoms with Crippen LogP contribution in [0.25, 0.3) is 223 Å². The monoisotopic (exact) mass is 2090 g/mol. The highest BCUT2D eigenvalue weighted by Crippen LogP contribution is 2.43. The van der Waals surface area contributed by atoms with Crippen molar-refractivity contribution in [3.8, 4) is 158 Å². The highest BCUT2D eigenvalue weighted by Gasteiger charge is 2.23. The predicted molar refractivity (Wildman–Crippen MR) is 612 cm³/mol. The van der Waals surface area contributed by atoms with E-state index in [4.69, 9.17) is 54.9 Å². The lowest BCUT2D eigenvalue weighted by Crippen LogP contribution is -2.30. The molecular weight excluding hydrogens is 2000 g/mol. The van der Waals surface area contributed by atoms with Crippen molar-refractivity contribution >= 4 is 138 Å². The Bertz CT molecular complexity index is 8860. The molecule has 0 saturated heterocycles. The van der Waals surface area contributed by atoms with E-state index < -0.39 is 14.2 Å². The Morgan fingerprint density at radius 1 is 0.163 bits per heavy atom. The molecule has 0 spiro atoms. The van der Waals surface area contributed by atoms with Crippen molar-refractivity contribution in [1.29, 1.82) is 0 Å². The molecule has 0 amide bonds. The van der Waals surface area contributed by atoms with Crippen LogP contribution in [0.5, 0.6) is 0 Å². The molecule has 0 atom stereocenters. The van der Waals surface area contributed by atoms with Crippen molar-refractivity contribution in [1.82, 2.24) is 54.8 Å². The van der Waals surface area contributed by atoms with Crippen LogP contribution in [0.1, 0.15) is 0 Å². The minimum atomic E-state index is -1.44.